The average molecular weight is 869 g/mol. The molecule has 6 amide bonds. The molecule has 330 valence electrons. The molecule has 0 bridgehead atoms. The number of carbonyl (C=O) groups excluding carboxylic acids is 6. The first kappa shape index (κ1) is 50.2. The van der Waals surface area contributed by atoms with E-state index in [-0.39, 0.29) is 43.6 Å². The average Bonchev–Trinajstić information content (AvgIpc) is 3.18. The van der Waals surface area contributed by atoms with Crippen LogP contribution in [0.5, 0.6) is 0 Å². The van der Waals surface area contributed by atoms with Gasteiger partial charge < -0.3 is 58.7 Å². The first-order chi connectivity index (χ1) is 28.2. The summed E-state index contributed by atoms with van der Waals surface area (Å²) in [7, 11) is -5.00. The van der Waals surface area contributed by atoms with Crippen LogP contribution in [0.25, 0.3) is 0 Å². The summed E-state index contributed by atoms with van der Waals surface area (Å²) >= 11 is 0. The van der Waals surface area contributed by atoms with Crippen molar-refractivity contribution in [1.82, 2.24) is 26.6 Å². The Hall–Kier alpha value is -5.95. The van der Waals surface area contributed by atoms with Gasteiger partial charge in [0.2, 0.25) is 35.4 Å². The van der Waals surface area contributed by atoms with Gasteiger partial charge in [-0.05, 0) is 36.9 Å². The van der Waals surface area contributed by atoms with E-state index in [1.54, 1.807) is 0 Å². The van der Waals surface area contributed by atoms with E-state index in [4.69, 9.17) is 27.0 Å². The van der Waals surface area contributed by atoms with E-state index in [1.807, 2.05) is 0 Å². The van der Waals surface area contributed by atoms with Gasteiger partial charge in [0.1, 0.15) is 24.2 Å². The zero-order valence-corrected chi connectivity index (χ0v) is 33.0. The smallest absolute Gasteiger partial charge is 0.394 e. The Balaban J connectivity index is 2.08. The van der Waals surface area contributed by atoms with E-state index >= 15 is 0 Å². The second-order valence-electron chi connectivity index (χ2n) is 13.3. The highest BCUT2D eigenvalue weighted by Crippen LogP contribution is 2.35. The second kappa shape index (κ2) is 24.9. The van der Waals surface area contributed by atoms with Gasteiger partial charge in [0.05, 0.1) is 29.1 Å². The van der Waals surface area contributed by atoms with Crippen LogP contribution in [-0.4, -0.2) is 117 Å². The molecule has 60 heavy (non-hydrogen) atoms. The van der Waals surface area contributed by atoms with Crippen LogP contribution >= 0.6 is 7.82 Å². The first-order valence-corrected chi connectivity index (χ1v) is 19.8. The van der Waals surface area contributed by atoms with E-state index in [2.05, 4.69) is 31.1 Å². The van der Waals surface area contributed by atoms with Crippen molar-refractivity contribution >= 4 is 54.6 Å². The van der Waals surface area contributed by atoms with Gasteiger partial charge in [-0.2, -0.15) is 0 Å². The molecule has 2 rings (SSSR count). The predicted molar refractivity (Wildman–Crippen MR) is 209 cm³/mol. The summed E-state index contributed by atoms with van der Waals surface area (Å²) in [5.41, 5.74) is 16.9. The topological polar surface area (TPSA) is 414 Å². The number of nitrogens with two attached hydrogens (primary N) is 3. The molecule has 2 aromatic carbocycles. The normalized spacial score (nSPS) is 13.7. The minimum absolute atomic E-state index is 0.146. The molecule has 14 N–H and O–H groups in total. The van der Waals surface area contributed by atoms with E-state index in [9.17, 15) is 58.7 Å². The number of non-ortho nitro benzene ring substituents is 2. The van der Waals surface area contributed by atoms with Crippen LogP contribution in [0.4, 0.5) is 11.4 Å². The molecule has 0 fully saturated rings. The van der Waals surface area contributed by atoms with E-state index in [1.165, 1.54) is 36.4 Å². The standard InChI is InChI=1S/C34H49N10O15P/c35-13-2-1-3-26(31(37)48)41-34(51)27(15-20-4-8-23(9-5-20)43(52)53)40-29(46)12-14-38-30(47)17-22(18-45)39-33(50)28(16-21-6-10-24(11-7-21)44(54)55)42-32(49)25(36)19-59-60(56,57)58/h4-11,22,25-28,45H,1-3,12-19,35-36H2,(H2,37,48)(H,38,47)(H,39,50)(H,40,46)(H,41,51)(H,42,49)(H2,56,57,58)/t22-,25+,26+,27+,28+/m1/s1. The van der Waals surface area contributed by atoms with Crippen molar-refractivity contribution < 1.29 is 62.6 Å². The third-order valence-corrected chi connectivity index (χ3v) is 8.98. The van der Waals surface area contributed by atoms with Crippen molar-refractivity contribution in [2.24, 2.45) is 17.2 Å². The number of nitro benzene ring substituents is 2. The lowest BCUT2D eigenvalue weighted by molar-refractivity contribution is -0.385. The fraction of sp³-hybridized carbons (Fsp3) is 0.471. The molecule has 0 aliphatic rings. The summed E-state index contributed by atoms with van der Waals surface area (Å²) in [6.07, 6.45) is -0.149. The number of nitrogens with one attached hydrogen (secondary N) is 5. The summed E-state index contributed by atoms with van der Waals surface area (Å²) in [6, 6.07) is 3.33. The molecule has 0 saturated heterocycles. The zero-order chi connectivity index (χ0) is 45.0. The Morgan fingerprint density at radius 3 is 1.72 bits per heavy atom. The van der Waals surface area contributed by atoms with E-state index in [0.29, 0.717) is 30.5 Å². The number of amides is 6. The third kappa shape index (κ3) is 18.8. The number of carbonyl (C=O) groups is 6. The van der Waals surface area contributed by atoms with Gasteiger partial charge in [-0.25, -0.2) is 4.57 Å². The van der Waals surface area contributed by atoms with Crippen LogP contribution in [0.3, 0.4) is 0 Å². The molecule has 0 heterocycles. The number of rotatable bonds is 27. The highest BCUT2D eigenvalue weighted by Gasteiger charge is 2.29. The highest BCUT2D eigenvalue weighted by molar-refractivity contribution is 7.46. The van der Waals surface area contributed by atoms with Crippen molar-refractivity contribution in [1.29, 1.82) is 0 Å². The summed E-state index contributed by atoms with van der Waals surface area (Å²) < 4.78 is 15.3. The number of aliphatic hydroxyl groups excluding tert-OH is 1. The fourth-order valence-corrected chi connectivity index (χ4v) is 5.68. The van der Waals surface area contributed by atoms with E-state index < -0.39 is 103 Å². The van der Waals surface area contributed by atoms with Gasteiger partial charge in [0.25, 0.3) is 11.4 Å². The molecule has 0 aliphatic carbocycles. The third-order valence-electron chi connectivity index (χ3n) is 8.50. The Morgan fingerprint density at radius 2 is 1.25 bits per heavy atom. The van der Waals surface area contributed by atoms with Crippen LogP contribution in [0.15, 0.2) is 48.5 Å². The lowest BCUT2D eigenvalue weighted by atomic mass is 10.0. The lowest BCUT2D eigenvalue weighted by Crippen LogP contribution is -2.55. The molecule has 2 aromatic rings. The van der Waals surface area contributed by atoms with Crippen molar-refractivity contribution in [2.75, 3.05) is 26.3 Å². The maximum absolute atomic E-state index is 13.3. The molecule has 0 spiro atoms. The van der Waals surface area contributed by atoms with Gasteiger partial charge in [-0.3, -0.25) is 53.5 Å². The molecular weight excluding hydrogens is 819 g/mol. The van der Waals surface area contributed by atoms with Crippen molar-refractivity contribution in [3.8, 4) is 0 Å². The number of hydrogen-bond donors (Lipinski definition) is 11. The molecule has 0 aliphatic heterocycles. The number of unbranched alkanes of at least 4 members (excludes halogenated alkanes) is 1. The molecular formula is C34H49N10O15P. The van der Waals surface area contributed by atoms with Gasteiger partial charge >= 0.3 is 7.82 Å². The maximum Gasteiger partial charge on any atom is 0.469 e. The Kier molecular flexibility index (Phi) is 20.8. The Labute approximate surface area is 342 Å². The minimum Gasteiger partial charge on any atom is -0.394 e. The molecule has 0 saturated carbocycles. The number of nitro groups is 2. The van der Waals surface area contributed by atoms with Crippen molar-refractivity contribution in [3.63, 3.8) is 0 Å². The molecule has 0 unspecified atom stereocenters. The summed E-state index contributed by atoms with van der Waals surface area (Å²) in [6.45, 7) is -1.67. The van der Waals surface area contributed by atoms with Crippen molar-refractivity contribution in [3.05, 3.63) is 79.9 Å². The largest absolute Gasteiger partial charge is 0.469 e. The van der Waals surface area contributed by atoms with Crippen LogP contribution in [0, 0.1) is 20.2 Å². The van der Waals surface area contributed by atoms with Gasteiger partial charge in [-0.1, -0.05) is 24.3 Å². The van der Waals surface area contributed by atoms with Gasteiger partial charge in [0.15, 0.2) is 0 Å². The number of nitrogens with zero attached hydrogens (tertiary/aromatic N) is 2. The molecule has 5 atom stereocenters. The quantitative estimate of drug-likeness (QED) is 0.0186. The molecule has 25 nitrogen and oxygen atoms in total. The highest BCUT2D eigenvalue weighted by atomic mass is 31.2. The van der Waals surface area contributed by atoms with Gasteiger partial charge in [0, 0.05) is 56.5 Å². The summed E-state index contributed by atoms with van der Waals surface area (Å²) in [5.74, 6) is -5.10. The summed E-state index contributed by atoms with van der Waals surface area (Å²) in [5, 5.41) is 44.2. The molecule has 26 heteroatoms. The monoisotopic (exact) mass is 868 g/mol. The number of aliphatic hydroxyl groups is 1. The number of phosphoric ester groups is 1. The van der Waals surface area contributed by atoms with Crippen LogP contribution in [-0.2, 0) is 50.7 Å². The zero-order valence-electron chi connectivity index (χ0n) is 32.1. The van der Waals surface area contributed by atoms with Crippen LogP contribution in [0.1, 0.15) is 43.2 Å². The number of benzene rings is 2. The predicted octanol–water partition coefficient (Wildman–Crippen LogP) is -2.83. The van der Waals surface area contributed by atoms with Crippen LogP contribution < -0.4 is 43.8 Å². The van der Waals surface area contributed by atoms with Gasteiger partial charge in [-0.15, -0.1) is 0 Å². The number of primary amides is 1. The molecule has 0 aromatic heterocycles. The van der Waals surface area contributed by atoms with E-state index in [0.717, 1.165) is 12.1 Å². The number of phosphoric acid groups is 1. The Bertz CT molecular complexity index is 1860. The van der Waals surface area contributed by atoms with Crippen LogP contribution in [0.2, 0.25) is 0 Å². The summed E-state index contributed by atoms with van der Waals surface area (Å²) in [4.78, 5) is 116. The maximum atomic E-state index is 13.3. The SMILES string of the molecule is NCCCC[C@H](NC(=O)[C@H](Cc1ccc([N+](=O)[O-])cc1)NC(=O)CCNC(=O)C[C@H](CO)NC(=O)[C@H](Cc1ccc([N+](=O)[O-])cc1)NC(=O)[C@@H](N)COP(=O)(O)O)C(N)=O. The Morgan fingerprint density at radius 1 is 0.750 bits per heavy atom. The van der Waals surface area contributed by atoms with Crippen molar-refractivity contribution in [2.45, 2.75) is 75.2 Å². The number of hydrogen-bond acceptors (Lipinski definition) is 15. The minimum atomic E-state index is -5.00. The lowest BCUT2D eigenvalue weighted by Gasteiger charge is -2.24. The first-order valence-electron chi connectivity index (χ1n) is 18.2. The fourth-order valence-electron chi connectivity index (χ4n) is 5.32. The molecule has 0 radical (unpaired) electrons. The second-order valence-corrected chi connectivity index (χ2v) is 14.5.